The average molecular weight is 309 g/mol. The lowest BCUT2D eigenvalue weighted by molar-refractivity contribution is -0.116. The van der Waals surface area contributed by atoms with Gasteiger partial charge in [-0.2, -0.15) is 5.26 Å². The monoisotopic (exact) mass is 309 g/mol. The molecule has 9 atom stereocenters. The molecule has 5 aliphatic rings. The molecular weight excluding hydrogens is 282 g/mol. The zero-order chi connectivity index (χ0) is 15.9. The zero-order valence-corrected chi connectivity index (χ0v) is 14.3. The maximum Gasteiger partial charge on any atom is 0.155 e. The van der Waals surface area contributed by atoms with E-state index in [-0.39, 0.29) is 5.41 Å². The summed E-state index contributed by atoms with van der Waals surface area (Å²) in [5.74, 6) is 5.97. The molecule has 0 aromatic rings. The molecule has 0 spiro atoms. The summed E-state index contributed by atoms with van der Waals surface area (Å²) in [6.45, 7) is 4.87. The molecule has 2 heteroatoms. The van der Waals surface area contributed by atoms with Crippen LogP contribution in [0.4, 0.5) is 0 Å². The Bertz CT molecular complexity index is 643. The normalized spacial score (nSPS) is 56.6. The standard InChI is InChI=1S/C21H27NO/c1-11-7-12-8-13(23)3-4-14(12)15-5-6-21(2)18(10-22)16-9-17(16)20(21)19(11)15/h8,11,14-20H,3-7,9H2,1-2H3/t11-,14+,15-,16+,17-,18+,19-,20+,21-/m1/s1. The van der Waals surface area contributed by atoms with Crippen LogP contribution in [0.2, 0.25) is 0 Å². The van der Waals surface area contributed by atoms with Crippen LogP contribution in [0.3, 0.4) is 0 Å². The van der Waals surface area contributed by atoms with E-state index in [0.717, 1.165) is 42.9 Å². The fraction of sp³-hybridized carbons (Fsp3) is 0.810. The molecule has 0 bridgehead atoms. The Morgan fingerprint density at radius 2 is 2.09 bits per heavy atom. The lowest BCUT2D eigenvalue weighted by Crippen LogP contribution is -2.50. The Labute approximate surface area is 139 Å². The van der Waals surface area contributed by atoms with Gasteiger partial charge in [-0.05, 0) is 85.0 Å². The second-order valence-corrected chi connectivity index (χ2v) is 9.49. The van der Waals surface area contributed by atoms with Crippen LogP contribution in [0.25, 0.3) is 0 Å². The molecule has 0 heterocycles. The van der Waals surface area contributed by atoms with Crippen molar-refractivity contribution in [2.24, 2.45) is 52.8 Å². The first-order valence-corrected chi connectivity index (χ1v) is 9.67. The summed E-state index contributed by atoms with van der Waals surface area (Å²) in [5.41, 5.74) is 1.75. The largest absolute Gasteiger partial charge is 0.295 e. The summed E-state index contributed by atoms with van der Waals surface area (Å²) < 4.78 is 0. The second kappa shape index (κ2) is 4.50. The Morgan fingerprint density at radius 3 is 2.87 bits per heavy atom. The third-order valence-corrected chi connectivity index (χ3v) is 8.57. The summed E-state index contributed by atoms with van der Waals surface area (Å²) in [7, 11) is 0. The van der Waals surface area contributed by atoms with Gasteiger partial charge in [0.25, 0.3) is 0 Å². The van der Waals surface area contributed by atoms with Gasteiger partial charge in [0.05, 0.1) is 12.0 Å². The summed E-state index contributed by atoms with van der Waals surface area (Å²) in [6, 6.07) is 2.71. The van der Waals surface area contributed by atoms with Crippen molar-refractivity contribution >= 4 is 5.78 Å². The van der Waals surface area contributed by atoms with Gasteiger partial charge in [-0.3, -0.25) is 4.79 Å². The number of allylic oxidation sites excluding steroid dienone is 1. The van der Waals surface area contributed by atoms with Crippen molar-refractivity contribution in [3.63, 3.8) is 0 Å². The molecule has 0 aliphatic heterocycles. The van der Waals surface area contributed by atoms with Gasteiger partial charge in [0, 0.05) is 6.42 Å². The van der Waals surface area contributed by atoms with Crippen molar-refractivity contribution < 1.29 is 4.79 Å². The summed E-state index contributed by atoms with van der Waals surface area (Å²) in [6.07, 6.45) is 8.85. The van der Waals surface area contributed by atoms with Crippen molar-refractivity contribution in [2.45, 2.75) is 52.4 Å². The number of hydrogen-bond donors (Lipinski definition) is 0. The highest BCUT2D eigenvalue weighted by molar-refractivity contribution is 5.91. The van der Waals surface area contributed by atoms with Crippen molar-refractivity contribution in [2.75, 3.05) is 0 Å². The number of rotatable bonds is 0. The number of hydrogen-bond acceptors (Lipinski definition) is 2. The van der Waals surface area contributed by atoms with Crippen LogP contribution in [0.1, 0.15) is 52.4 Å². The molecule has 0 unspecified atom stereocenters. The lowest BCUT2D eigenvalue weighted by atomic mass is 9.48. The number of ketones is 1. The SMILES string of the molecule is C[C@@H]1CC2=CC(=O)CC[C@@H]2[C@H]2CC[C@@]3(C)[C@@H]([C@@H]4C[C@@H]4[C@@H]3C#N)[C@@H]21. The minimum Gasteiger partial charge on any atom is -0.295 e. The predicted octanol–water partition coefficient (Wildman–Crippen LogP) is 4.37. The smallest absolute Gasteiger partial charge is 0.155 e. The first kappa shape index (κ1) is 14.3. The number of carbonyl (C=O) groups is 1. The Balaban J connectivity index is 1.53. The molecule has 4 fully saturated rings. The quantitative estimate of drug-likeness (QED) is 0.666. The van der Waals surface area contributed by atoms with Crippen molar-refractivity contribution in [1.29, 1.82) is 5.26 Å². The van der Waals surface area contributed by atoms with E-state index in [0.29, 0.717) is 29.5 Å². The van der Waals surface area contributed by atoms with E-state index >= 15 is 0 Å². The number of nitrogens with zero attached hydrogens (tertiary/aromatic N) is 1. The minimum absolute atomic E-state index is 0.281. The van der Waals surface area contributed by atoms with Gasteiger partial charge in [-0.1, -0.05) is 19.4 Å². The Morgan fingerprint density at radius 1 is 1.26 bits per heavy atom. The fourth-order valence-corrected chi connectivity index (χ4v) is 7.77. The summed E-state index contributed by atoms with van der Waals surface area (Å²) in [4.78, 5) is 11.8. The molecule has 0 amide bonds. The van der Waals surface area contributed by atoms with Crippen LogP contribution < -0.4 is 0 Å². The van der Waals surface area contributed by atoms with Crippen LogP contribution in [0.15, 0.2) is 11.6 Å². The van der Waals surface area contributed by atoms with E-state index in [1.54, 1.807) is 0 Å². The van der Waals surface area contributed by atoms with E-state index in [1.807, 2.05) is 6.08 Å². The predicted molar refractivity (Wildman–Crippen MR) is 88.1 cm³/mol. The van der Waals surface area contributed by atoms with E-state index in [4.69, 9.17) is 0 Å². The van der Waals surface area contributed by atoms with Gasteiger partial charge in [0.1, 0.15) is 0 Å². The molecule has 23 heavy (non-hydrogen) atoms. The second-order valence-electron chi connectivity index (χ2n) is 9.49. The van der Waals surface area contributed by atoms with Crippen LogP contribution in [0.5, 0.6) is 0 Å². The highest BCUT2D eigenvalue weighted by atomic mass is 16.1. The van der Waals surface area contributed by atoms with Crippen LogP contribution in [0, 0.1) is 64.1 Å². The molecule has 0 aromatic heterocycles. The molecule has 5 aliphatic carbocycles. The average Bonchev–Trinajstić information content (AvgIpc) is 3.22. The molecule has 0 saturated heterocycles. The lowest BCUT2D eigenvalue weighted by Gasteiger charge is -2.56. The van der Waals surface area contributed by atoms with Crippen molar-refractivity contribution in [1.82, 2.24) is 0 Å². The third kappa shape index (κ3) is 1.72. The molecule has 5 rings (SSSR count). The van der Waals surface area contributed by atoms with Crippen molar-refractivity contribution in [3.05, 3.63) is 11.6 Å². The maximum atomic E-state index is 11.8. The molecule has 0 radical (unpaired) electrons. The van der Waals surface area contributed by atoms with Crippen LogP contribution in [-0.4, -0.2) is 5.78 Å². The van der Waals surface area contributed by atoms with Gasteiger partial charge in [-0.25, -0.2) is 0 Å². The van der Waals surface area contributed by atoms with E-state index in [2.05, 4.69) is 19.9 Å². The topological polar surface area (TPSA) is 40.9 Å². The van der Waals surface area contributed by atoms with Gasteiger partial charge < -0.3 is 0 Å². The Kier molecular flexibility index (Phi) is 2.79. The highest BCUT2D eigenvalue weighted by Crippen LogP contribution is 2.74. The molecule has 0 N–H and O–H groups in total. The van der Waals surface area contributed by atoms with E-state index in [9.17, 15) is 10.1 Å². The highest BCUT2D eigenvalue weighted by Gasteiger charge is 2.70. The molecule has 122 valence electrons. The minimum atomic E-state index is 0.281. The van der Waals surface area contributed by atoms with Crippen LogP contribution >= 0.6 is 0 Å². The number of carbonyl (C=O) groups excluding carboxylic acids is 1. The third-order valence-electron chi connectivity index (χ3n) is 8.57. The zero-order valence-electron chi connectivity index (χ0n) is 14.3. The summed E-state index contributed by atoms with van der Waals surface area (Å²) in [5, 5.41) is 9.75. The fourth-order valence-electron chi connectivity index (χ4n) is 7.77. The molecule has 2 nitrogen and oxygen atoms in total. The van der Waals surface area contributed by atoms with E-state index in [1.165, 1.54) is 24.8 Å². The van der Waals surface area contributed by atoms with E-state index < -0.39 is 0 Å². The Hall–Kier alpha value is -1.10. The van der Waals surface area contributed by atoms with Gasteiger partial charge >= 0.3 is 0 Å². The summed E-state index contributed by atoms with van der Waals surface area (Å²) >= 11 is 0. The van der Waals surface area contributed by atoms with Gasteiger partial charge in [0.15, 0.2) is 5.78 Å². The maximum absolute atomic E-state index is 11.8. The number of fused-ring (bicyclic) bond motifs is 7. The van der Waals surface area contributed by atoms with Gasteiger partial charge in [0.2, 0.25) is 0 Å². The molecular formula is C21H27NO. The van der Waals surface area contributed by atoms with Crippen LogP contribution in [-0.2, 0) is 4.79 Å². The van der Waals surface area contributed by atoms with Gasteiger partial charge in [-0.15, -0.1) is 0 Å². The number of nitriles is 1. The first-order chi connectivity index (χ1) is 11.0. The van der Waals surface area contributed by atoms with Crippen molar-refractivity contribution in [3.8, 4) is 6.07 Å². The molecule has 4 saturated carbocycles. The molecule has 0 aromatic carbocycles. The first-order valence-electron chi connectivity index (χ1n) is 9.67.